The molecule has 2 aromatic carbocycles. The zero-order valence-electron chi connectivity index (χ0n) is 23.6. The minimum atomic E-state index is -3.26. The van der Waals surface area contributed by atoms with E-state index < -0.39 is 10.0 Å². The molecule has 2 aliphatic heterocycles. The number of benzene rings is 2. The summed E-state index contributed by atoms with van der Waals surface area (Å²) in [5.41, 5.74) is 1.99. The molecule has 0 radical (unpaired) electrons. The van der Waals surface area contributed by atoms with Crippen LogP contribution in [-0.2, 0) is 10.0 Å². The molecule has 222 valence electrons. The minimum Gasteiger partial charge on any atom is -0.486 e. The van der Waals surface area contributed by atoms with Gasteiger partial charge in [-0.2, -0.15) is 14.1 Å². The Balaban J connectivity index is 1.09. The average molecular weight is 610 g/mol. The van der Waals surface area contributed by atoms with Crippen LogP contribution < -0.4 is 20.1 Å². The van der Waals surface area contributed by atoms with E-state index in [9.17, 15) is 13.2 Å². The molecule has 0 N–H and O–H groups in total. The summed E-state index contributed by atoms with van der Waals surface area (Å²) in [6.07, 6.45) is 3.65. The normalized spacial score (nSPS) is 17.2. The molecule has 2 saturated heterocycles. The molecule has 2 aliphatic rings. The second-order valence-electron chi connectivity index (χ2n) is 10.6. The van der Waals surface area contributed by atoms with E-state index in [4.69, 9.17) is 9.72 Å². The van der Waals surface area contributed by atoms with Crippen LogP contribution in [0.2, 0.25) is 0 Å². The van der Waals surface area contributed by atoms with Gasteiger partial charge in [0.25, 0.3) is 0 Å². The highest BCUT2D eigenvalue weighted by atomic mass is 32.2. The monoisotopic (exact) mass is 609 g/mol. The predicted octanol–water partition coefficient (Wildman–Crippen LogP) is 2.51. The molecule has 0 unspecified atom stereocenters. The van der Waals surface area contributed by atoms with Crippen LogP contribution in [0, 0.1) is 0 Å². The van der Waals surface area contributed by atoms with Crippen molar-refractivity contribution in [1.29, 1.82) is 0 Å². The highest BCUT2D eigenvalue weighted by Gasteiger charge is 2.27. The fourth-order valence-corrected chi connectivity index (χ4v) is 7.27. The van der Waals surface area contributed by atoms with Gasteiger partial charge in [0.2, 0.25) is 15.8 Å². The Bertz CT molecular complexity index is 1640. The number of hydrogen-bond acceptors (Lipinski definition) is 10. The first-order valence-electron chi connectivity index (χ1n) is 14.2. The Morgan fingerprint density at radius 2 is 1.57 bits per heavy atom. The molecule has 4 heterocycles. The molecule has 2 fully saturated rings. The minimum absolute atomic E-state index is 0.252. The van der Waals surface area contributed by atoms with Crippen LogP contribution in [-0.4, -0.2) is 104 Å². The van der Waals surface area contributed by atoms with E-state index >= 15 is 0 Å². The maximum absolute atomic E-state index is 13.6. The van der Waals surface area contributed by atoms with Gasteiger partial charge in [0.15, 0.2) is 5.13 Å². The van der Waals surface area contributed by atoms with Gasteiger partial charge >= 0.3 is 5.56 Å². The molecule has 0 amide bonds. The van der Waals surface area contributed by atoms with Crippen LogP contribution in [0.15, 0.2) is 65.6 Å². The molecule has 0 saturated carbocycles. The average Bonchev–Trinajstić information content (AvgIpc) is 3.45. The Hall–Kier alpha value is -3.52. The van der Waals surface area contributed by atoms with Crippen LogP contribution in [0.5, 0.6) is 5.75 Å². The number of anilines is 2. The fraction of sp³-hybridized carbons (Fsp3) is 0.414. The summed E-state index contributed by atoms with van der Waals surface area (Å²) in [6.45, 7) is 6.62. The highest BCUT2D eigenvalue weighted by Crippen LogP contribution is 2.29. The lowest BCUT2D eigenvalue weighted by atomic mass is 10.3. The van der Waals surface area contributed by atoms with Gasteiger partial charge in [-0.05, 0) is 30.7 Å². The van der Waals surface area contributed by atoms with Gasteiger partial charge in [0.1, 0.15) is 5.69 Å². The molecule has 0 spiro atoms. The Kier molecular flexibility index (Phi) is 8.43. The van der Waals surface area contributed by atoms with Crippen molar-refractivity contribution < 1.29 is 13.2 Å². The smallest absolute Gasteiger partial charge is 0.316 e. The molecular weight excluding hydrogens is 574 g/mol. The maximum atomic E-state index is 13.6. The predicted molar refractivity (Wildman–Crippen MR) is 167 cm³/mol. The van der Waals surface area contributed by atoms with Gasteiger partial charge < -0.3 is 14.5 Å². The summed E-state index contributed by atoms with van der Waals surface area (Å²) in [5.74, 6) is 0.252. The third kappa shape index (κ3) is 6.28. The number of fused-ring (bicyclic) bond motifs is 1. The van der Waals surface area contributed by atoms with Crippen LogP contribution in [0.1, 0.15) is 6.42 Å². The van der Waals surface area contributed by atoms with Gasteiger partial charge in [-0.15, -0.1) is 0 Å². The number of nitrogens with zero attached hydrogens (tertiary/aromatic N) is 7. The van der Waals surface area contributed by atoms with Crippen LogP contribution >= 0.6 is 11.3 Å². The number of para-hydroxylation sites is 2. The van der Waals surface area contributed by atoms with Crippen molar-refractivity contribution in [3.05, 3.63) is 71.1 Å². The van der Waals surface area contributed by atoms with Gasteiger partial charge in [0, 0.05) is 58.9 Å². The maximum Gasteiger partial charge on any atom is 0.316 e. The number of ether oxygens (including phenoxy) is 1. The van der Waals surface area contributed by atoms with E-state index in [2.05, 4.69) is 33.1 Å². The van der Waals surface area contributed by atoms with Gasteiger partial charge in [0.05, 0.1) is 35.0 Å². The topological polar surface area (TPSA) is 104 Å². The SMILES string of the molecule is CS(=O)(=O)N1CCN(c2cnn(-c3ccccc3)c(=O)c2OCCCN2CCN(c3nc4ccccc4s3)CC2)CC1. The summed E-state index contributed by atoms with van der Waals surface area (Å²) in [7, 11) is -3.26. The first-order chi connectivity index (χ1) is 20.4. The molecule has 0 aliphatic carbocycles. The van der Waals surface area contributed by atoms with Crippen LogP contribution in [0.4, 0.5) is 10.8 Å². The summed E-state index contributed by atoms with van der Waals surface area (Å²) < 4.78 is 34.2. The zero-order valence-corrected chi connectivity index (χ0v) is 25.3. The Morgan fingerprint density at radius 1 is 0.881 bits per heavy atom. The van der Waals surface area contributed by atoms with E-state index in [1.165, 1.54) is 19.9 Å². The summed E-state index contributed by atoms with van der Waals surface area (Å²) in [5, 5.41) is 5.51. The Morgan fingerprint density at radius 3 is 2.29 bits per heavy atom. The molecular formula is C29H35N7O4S2. The quantitative estimate of drug-likeness (QED) is 0.265. The van der Waals surface area contributed by atoms with Crippen LogP contribution in [0.25, 0.3) is 15.9 Å². The lowest BCUT2D eigenvalue weighted by Crippen LogP contribution is -2.49. The lowest BCUT2D eigenvalue weighted by Gasteiger charge is -2.35. The molecule has 0 atom stereocenters. The number of piperazine rings is 2. The van der Waals surface area contributed by atoms with E-state index in [1.807, 2.05) is 41.3 Å². The number of aromatic nitrogens is 3. The molecule has 0 bridgehead atoms. The molecule has 6 rings (SSSR count). The summed E-state index contributed by atoms with van der Waals surface area (Å²) >= 11 is 1.74. The zero-order chi connectivity index (χ0) is 29.1. The molecule has 2 aromatic heterocycles. The molecule has 4 aromatic rings. The highest BCUT2D eigenvalue weighted by molar-refractivity contribution is 7.88. The van der Waals surface area contributed by atoms with E-state index in [-0.39, 0.29) is 11.3 Å². The second kappa shape index (κ2) is 12.4. The van der Waals surface area contributed by atoms with E-state index in [0.717, 1.165) is 49.8 Å². The first-order valence-corrected chi connectivity index (χ1v) is 16.9. The number of hydrogen-bond donors (Lipinski definition) is 0. The number of thiazole rings is 1. The van der Waals surface area contributed by atoms with Gasteiger partial charge in [-0.1, -0.05) is 41.7 Å². The van der Waals surface area contributed by atoms with Crippen molar-refractivity contribution in [2.24, 2.45) is 0 Å². The number of sulfonamides is 1. The first kappa shape index (κ1) is 28.6. The summed E-state index contributed by atoms with van der Waals surface area (Å²) in [6, 6.07) is 17.5. The van der Waals surface area contributed by atoms with Crippen molar-refractivity contribution in [2.45, 2.75) is 6.42 Å². The van der Waals surface area contributed by atoms with Crippen molar-refractivity contribution in [2.75, 3.05) is 81.6 Å². The summed E-state index contributed by atoms with van der Waals surface area (Å²) in [4.78, 5) is 25.2. The van der Waals surface area contributed by atoms with Crippen molar-refractivity contribution in [3.8, 4) is 11.4 Å². The van der Waals surface area contributed by atoms with Gasteiger partial charge in [-0.25, -0.2) is 13.4 Å². The second-order valence-corrected chi connectivity index (χ2v) is 13.5. The lowest BCUT2D eigenvalue weighted by molar-refractivity contribution is 0.223. The fourth-order valence-electron chi connectivity index (χ4n) is 5.42. The third-order valence-corrected chi connectivity index (χ3v) is 10.2. The van der Waals surface area contributed by atoms with E-state index in [1.54, 1.807) is 17.5 Å². The molecule has 11 nitrogen and oxygen atoms in total. The van der Waals surface area contributed by atoms with Gasteiger partial charge in [-0.3, -0.25) is 9.69 Å². The Labute approximate surface area is 249 Å². The standard InChI is InChI=1S/C29H35N7O4S2/c1-42(38,39)35-19-17-33(18-20-35)25-22-30-36(23-8-3-2-4-9-23)28(37)27(25)40-21-7-12-32-13-15-34(16-14-32)29-31-24-10-5-6-11-26(24)41-29/h2-6,8-11,22H,7,12-21H2,1H3. The van der Waals surface area contributed by atoms with E-state index in [0.29, 0.717) is 44.2 Å². The van der Waals surface area contributed by atoms with Crippen molar-refractivity contribution >= 4 is 42.4 Å². The van der Waals surface area contributed by atoms with Crippen molar-refractivity contribution in [1.82, 2.24) is 24.0 Å². The largest absolute Gasteiger partial charge is 0.486 e. The third-order valence-electron chi connectivity index (χ3n) is 7.75. The number of rotatable bonds is 9. The molecule has 42 heavy (non-hydrogen) atoms. The molecule has 13 heteroatoms. The van der Waals surface area contributed by atoms with Crippen LogP contribution in [0.3, 0.4) is 0 Å². The van der Waals surface area contributed by atoms with Crippen molar-refractivity contribution in [3.63, 3.8) is 0 Å².